The van der Waals surface area contributed by atoms with Crippen LogP contribution >= 0.6 is 22.7 Å². The largest absolute Gasteiger partial charge is 0.376 e. The van der Waals surface area contributed by atoms with E-state index < -0.39 is 0 Å². The van der Waals surface area contributed by atoms with E-state index in [0.29, 0.717) is 0 Å². The van der Waals surface area contributed by atoms with Crippen molar-refractivity contribution in [1.29, 1.82) is 0 Å². The van der Waals surface area contributed by atoms with Gasteiger partial charge >= 0.3 is 6.85 Å². The monoisotopic (exact) mass is 878 g/mol. The van der Waals surface area contributed by atoms with Crippen molar-refractivity contribution in [3.63, 3.8) is 0 Å². The summed E-state index contributed by atoms with van der Waals surface area (Å²) in [6.45, 7) is 23.9. The maximum atomic E-state index is 2.75. The van der Waals surface area contributed by atoms with Gasteiger partial charge in [-0.1, -0.05) is 142 Å². The van der Waals surface area contributed by atoms with Crippen LogP contribution in [0.25, 0.3) is 79.3 Å². The van der Waals surface area contributed by atoms with Crippen molar-refractivity contribution in [3.8, 4) is 27.3 Å². The molecule has 0 spiro atoms. The lowest BCUT2D eigenvalue weighted by Gasteiger charge is -2.43. The molecule has 65 heavy (non-hydrogen) atoms. The normalized spacial score (nSPS) is 16.2. The molecule has 0 saturated carbocycles. The summed E-state index contributed by atoms with van der Waals surface area (Å²) in [5.41, 5.74) is 19.3. The number of thiophene rings is 2. The van der Waals surface area contributed by atoms with E-state index in [1.807, 2.05) is 22.7 Å². The molecular formula is C60H55BN2S2. The summed E-state index contributed by atoms with van der Waals surface area (Å²) in [6.07, 6.45) is 2.37. The first-order valence-electron chi connectivity index (χ1n) is 23.7. The van der Waals surface area contributed by atoms with Gasteiger partial charge in [0.1, 0.15) is 0 Å². The van der Waals surface area contributed by atoms with Gasteiger partial charge in [-0.05, 0) is 139 Å². The highest BCUT2D eigenvalue weighted by Crippen LogP contribution is 2.55. The molecule has 5 heteroatoms. The van der Waals surface area contributed by atoms with Crippen molar-refractivity contribution in [2.75, 3.05) is 4.81 Å². The van der Waals surface area contributed by atoms with Gasteiger partial charge < -0.3 is 9.38 Å². The highest BCUT2D eigenvalue weighted by Gasteiger charge is 2.47. The molecule has 2 nitrogen and oxygen atoms in total. The van der Waals surface area contributed by atoms with Crippen molar-refractivity contribution in [1.82, 2.24) is 4.57 Å². The highest BCUT2D eigenvalue weighted by molar-refractivity contribution is 7.27. The molecule has 13 rings (SSSR count). The fourth-order valence-corrected chi connectivity index (χ4v) is 14.3. The predicted octanol–water partition coefficient (Wildman–Crippen LogP) is 16.2. The number of aromatic nitrogens is 1. The number of rotatable bonds is 2. The maximum Gasteiger partial charge on any atom is 0.333 e. The van der Waals surface area contributed by atoms with Crippen LogP contribution in [-0.2, 0) is 21.7 Å². The van der Waals surface area contributed by atoms with Gasteiger partial charge in [0.15, 0.2) is 0 Å². The molecule has 0 atom stereocenters. The van der Waals surface area contributed by atoms with E-state index in [9.17, 15) is 0 Å². The number of hydrogen-bond donors (Lipinski definition) is 0. The van der Waals surface area contributed by atoms with Crippen LogP contribution in [0.15, 0.2) is 127 Å². The third kappa shape index (κ3) is 5.52. The standard InChI is InChI=1S/C60H55BN2S2/c1-57(2,3)36-20-23-38(24-21-36)63-45-25-22-37(58(4,5)6)30-40(45)51-52-39-18-14-15-19-48(39)65-56(52)53-41-31-42-43(60(9,10)27-26-59(42,7)8)32-46(41)62-47-33-50-35(28-44(47)61(63)54(51)55(53)62)29-49(64-50)34-16-12-11-13-17-34/h11-25,28-33H,26-27H2,1-10H3. The Morgan fingerprint density at radius 1 is 0.585 bits per heavy atom. The molecule has 3 aliphatic rings. The topological polar surface area (TPSA) is 8.17 Å². The van der Waals surface area contributed by atoms with Crippen LogP contribution in [0.4, 0.5) is 11.4 Å². The second-order valence-electron chi connectivity index (χ2n) is 22.8. The van der Waals surface area contributed by atoms with Gasteiger partial charge in [-0.25, -0.2) is 0 Å². The average molecular weight is 879 g/mol. The van der Waals surface area contributed by atoms with Crippen LogP contribution < -0.4 is 15.7 Å². The number of anilines is 2. The Hall–Kier alpha value is -5.62. The van der Waals surface area contributed by atoms with E-state index in [0.717, 1.165) is 0 Å². The van der Waals surface area contributed by atoms with Gasteiger partial charge in [-0.2, -0.15) is 0 Å². The summed E-state index contributed by atoms with van der Waals surface area (Å²) < 4.78 is 6.85. The zero-order valence-electron chi connectivity index (χ0n) is 39.3. The summed E-state index contributed by atoms with van der Waals surface area (Å²) in [5, 5.41) is 6.89. The second kappa shape index (κ2) is 13.0. The van der Waals surface area contributed by atoms with Crippen molar-refractivity contribution < 1.29 is 0 Å². The van der Waals surface area contributed by atoms with Gasteiger partial charge in [-0.3, -0.25) is 0 Å². The van der Waals surface area contributed by atoms with Gasteiger partial charge in [0, 0.05) is 63.1 Å². The van der Waals surface area contributed by atoms with Crippen molar-refractivity contribution in [3.05, 3.63) is 150 Å². The first kappa shape index (κ1) is 39.7. The molecule has 5 heterocycles. The molecule has 0 saturated heterocycles. The van der Waals surface area contributed by atoms with Crippen molar-refractivity contribution in [2.45, 2.75) is 104 Å². The fraction of sp³-hybridized carbons (Fsp3) is 0.267. The molecule has 2 aliphatic heterocycles. The van der Waals surface area contributed by atoms with E-state index in [-0.39, 0.29) is 28.5 Å². The molecule has 3 aromatic heterocycles. The minimum atomic E-state index is -0.0668. The molecule has 1 aliphatic carbocycles. The van der Waals surface area contributed by atoms with E-state index in [1.165, 1.54) is 137 Å². The summed E-state index contributed by atoms with van der Waals surface area (Å²) in [7, 11) is 0. The third-order valence-electron chi connectivity index (χ3n) is 15.7. The van der Waals surface area contributed by atoms with Crippen molar-refractivity contribution >= 4 is 104 Å². The minimum absolute atomic E-state index is 0.0244. The molecule has 0 unspecified atom stereocenters. The lowest BCUT2D eigenvalue weighted by Crippen LogP contribution is -2.60. The van der Waals surface area contributed by atoms with E-state index in [4.69, 9.17) is 0 Å². The van der Waals surface area contributed by atoms with Gasteiger partial charge in [0.2, 0.25) is 0 Å². The fourth-order valence-electron chi connectivity index (χ4n) is 12.0. The molecule has 7 aromatic carbocycles. The van der Waals surface area contributed by atoms with Crippen LogP contribution in [0.3, 0.4) is 0 Å². The third-order valence-corrected chi connectivity index (χ3v) is 18.1. The minimum Gasteiger partial charge on any atom is -0.376 e. The number of fused-ring (bicyclic) bond motifs is 15. The van der Waals surface area contributed by atoms with E-state index in [1.54, 1.807) is 0 Å². The Balaban J connectivity index is 1.26. The Morgan fingerprint density at radius 2 is 1.26 bits per heavy atom. The van der Waals surface area contributed by atoms with E-state index in [2.05, 4.69) is 206 Å². The summed E-state index contributed by atoms with van der Waals surface area (Å²) >= 11 is 3.92. The quantitative estimate of drug-likeness (QED) is 0.157. The van der Waals surface area contributed by atoms with Gasteiger partial charge in [0.05, 0.1) is 11.0 Å². The molecule has 0 amide bonds. The van der Waals surface area contributed by atoms with E-state index >= 15 is 0 Å². The second-order valence-corrected chi connectivity index (χ2v) is 24.9. The molecule has 10 aromatic rings. The average Bonchev–Trinajstić information content (AvgIpc) is 3.98. The maximum absolute atomic E-state index is 2.75. The Kier molecular flexibility index (Phi) is 7.97. The zero-order valence-corrected chi connectivity index (χ0v) is 41.0. The summed E-state index contributed by atoms with van der Waals surface area (Å²) in [6, 6.07) is 50.1. The number of nitrogens with zero attached hydrogens (tertiary/aromatic N) is 2. The first-order chi connectivity index (χ1) is 31.0. The molecule has 320 valence electrons. The zero-order chi connectivity index (χ0) is 44.7. The predicted molar refractivity (Wildman–Crippen MR) is 286 cm³/mol. The van der Waals surface area contributed by atoms with Gasteiger partial charge in [-0.15, -0.1) is 22.7 Å². The SMILES string of the molecule is CC(C)(C)c1ccc(N2B3c4cc5cc(-c6ccccc6)sc5cc4-n4c5cc6c(cc5c5c7sc8ccccc8c7c(c3c54)-c3cc(C(C)(C)C)ccc32)C(C)(C)CCC6(C)C)cc1. The molecule has 0 bridgehead atoms. The molecular weight excluding hydrogens is 824 g/mol. The molecule has 0 fully saturated rings. The first-order valence-corrected chi connectivity index (χ1v) is 25.3. The highest BCUT2D eigenvalue weighted by atomic mass is 32.1. The van der Waals surface area contributed by atoms with Gasteiger partial charge in [0.25, 0.3) is 0 Å². The lowest BCUT2D eigenvalue weighted by atomic mass is 9.43. The Labute approximate surface area is 391 Å². The summed E-state index contributed by atoms with van der Waals surface area (Å²) in [4.78, 5) is 4.04. The lowest BCUT2D eigenvalue weighted by molar-refractivity contribution is 0.332. The Morgan fingerprint density at radius 3 is 1.98 bits per heavy atom. The summed E-state index contributed by atoms with van der Waals surface area (Å²) in [5.74, 6) is 0. The van der Waals surface area contributed by atoms with Crippen LogP contribution in [0.1, 0.15) is 104 Å². The number of hydrogen-bond acceptors (Lipinski definition) is 3. The smallest absolute Gasteiger partial charge is 0.333 e. The van der Waals surface area contributed by atoms with Crippen LogP contribution in [0, 0.1) is 0 Å². The van der Waals surface area contributed by atoms with Crippen LogP contribution in [0.2, 0.25) is 0 Å². The molecule has 0 N–H and O–H groups in total. The van der Waals surface area contributed by atoms with Crippen LogP contribution in [0.5, 0.6) is 0 Å². The Bertz CT molecular complexity index is 3680. The van der Waals surface area contributed by atoms with Crippen LogP contribution in [-0.4, -0.2) is 11.4 Å². The molecule has 0 radical (unpaired) electrons. The van der Waals surface area contributed by atoms with Crippen molar-refractivity contribution in [2.24, 2.45) is 0 Å². The number of benzene rings is 7.